The van der Waals surface area contributed by atoms with Crippen LogP contribution in [0.15, 0.2) is 59.6 Å². The lowest BCUT2D eigenvalue weighted by molar-refractivity contribution is -0.117. The van der Waals surface area contributed by atoms with E-state index in [0.29, 0.717) is 23.9 Å². The smallest absolute Gasteiger partial charge is 0.251 e. The number of H-pyrrole nitrogens is 1. The molecule has 1 atom stereocenters. The third-order valence-corrected chi connectivity index (χ3v) is 6.76. The SMILES string of the molecule is CN/C(C)=C\C(N)=N/c1ncc(C)c(-c2c[nH]c3c(NC(=O)CN4CCC(Oc5ccn(C)n5)C4)cccc23)n1. The number of aromatic amines is 1. The van der Waals surface area contributed by atoms with Crippen molar-refractivity contribution in [3.05, 3.63) is 60.2 Å². The van der Waals surface area contributed by atoms with Crippen LogP contribution in [0.25, 0.3) is 22.2 Å². The topological polar surface area (TPSA) is 151 Å². The maximum Gasteiger partial charge on any atom is 0.251 e. The van der Waals surface area contributed by atoms with E-state index in [-0.39, 0.29) is 24.5 Å². The number of likely N-dealkylation sites (tertiary alicyclic amines) is 1. The van der Waals surface area contributed by atoms with E-state index in [0.717, 1.165) is 46.4 Å². The molecule has 208 valence electrons. The van der Waals surface area contributed by atoms with Crippen molar-refractivity contribution in [2.24, 2.45) is 17.8 Å². The fourth-order valence-corrected chi connectivity index (χ4v) is 4.71. The summed E-state index contributed by atoms with van der Waals surface area (Å²) >= 11 is 0. The minimum absolute atomic E-state index is 0.0149. The van der Waals surface area contributed by atoms with E-state index < -0.39 is 0 Å². The minimum atomic E-state index is -0.0858. The van der Waals surface area contributed by atoms with Crippen LogP contribution in [0.3, 0.4) is 0 Å². The van der Waals surface area contributed by atoms with E-state index in [1.165, 1.54) is 0 Å². The number of rotatable bonds is 9. The summed E-state index contributed by atoms with van der Waals surface area (Å²) in [7, 11) is 3.67. The minimum Gasteiger partial charge on any atom is -0.472 e. The summed E-state index contributed by atoms with van der Waals surface area (Å²) in [4.78, 5) is 31.7. The van der Waals surface area contributed by atoms with Crippen LogP contribution in [0.2, 0.25) is 0 Å². The average molecular weight is 543 g/mol. The molecule has 0 radical (unpaired) electrons. The van der Waals surface area contributed by atoms with Crippen LogP contribution >= 0.6 is 0 Å². The van der Waals surface area contributed by atoms with Gasteiger partial charge in [0.2, 0.25) is 11.8 Å². The van der Waals surface area contributed by atoms with Crippen molar-refractivity contribution in [3.63, 3.8) is 0 Å². The van der Waals surface area contributed by atoms with Crippen LogP contribution in [-0.2, 0) is 11.8 Å². The summed E-state index contributed by atoms with van der Waals surface area (Å²) in [6, 6.07) is 7.64. The number of para-hydroxylation sites is 1. The molecule has 0 bridgehead atoms. The molecule has 0 aliphatic carbocycles. The number of fused-ring (bicyclic) bond motifs is 1. The Kier molecular flexibility index (Phi) is 7.78. The fourth-order valence-electron chi connectivity index (χ4n) is 4.71. The number of amidine groups is 1. The van der Waals surface area contributed by atoms with Crippen molar-refractivity contribution in [1.29, 1.82) is 0 Å². The molecule has 1 amide bonds. The number of hydrogen-bond donors (Lipinski definition) is 4. The number of nitrogens with two attached hydrogens (primary N) is 1. The largest absolute Gasteiger partial charge is 0.472 e. The molecular formula is C28H34N10O2. The van der Waals surface area contributed by atoms with Crippen molar-refractivity contribution in [2.45, 2.75) is 26.4 Å². The maximum absolute atomic E-state index is 13.0. The Labute approximate surface area is 232 Å². The summed E-state index contributed by atoms with van der Waals surface area (Å²) < 4.78 is 7.66. The molecule has 0 saturated carbocycles. The molecule has 3 aromatic heterocycles. The highest BCUT2D eigenvalue weighted by Gasteiger charge is 2.26. The molecular weight excluding hydrogens is 508 g/mol. The van der Waals surface area contributed by atoms with E-state index in [4.69, 9.17) is 10.5 Å². The number of carbonyl (C=O) groups is 1. The second-order valence-electron chi connectivity index (χ2n) is 9.89. The number of aryl methyl sites for hydroxylation is 2. The van der Waals surface area contributed by atoms with Gasteiger partial charge in [0.05, 0.1) is 23.4 Å². The number of hydrogen-bond acceptors (Lipinski definition) is 8. The molecule has 1 saturated heterocycles. The Morgan fingerprint density at radius 2 is 2.20 bits per heavy atom. The van der Waals surface area contributed by atoms with E-state index in [1.807, 2.05) is 64.6 Å². The molecule has 5 rings (SSSR count). The van der Waals surface area contributed by atoms with Crippen molar-refractivity contribution in [3.8, 4) is 17.1 Å². The van der Waals surface area contributed by atoms with Gasteiger partial charge in [0.25, 0.3) is 5.95 Å². The third-order valence-electron chi connectivity index (χ3n) is 6.76. The van der Waals surface area contributed by atoms with Gasteiger partial charge in [-0.3, -0.25) is 14.4 Å². The lowest BCUT2D eigenvalue weighted by Gasteiger charge is -2.16. The number of ether oxygens (including phenoxy) is 1. The van der Waals surface area contributed by atoms with Gasteiger partial charge in [0, 0.05) is 68.5 Å². The van der Waals surface area contributed by atoms with Crippen molar-refractivity contribution < 1.29 is 9.53 Å². The second-order valence-corrected chi connectivity index (χ2v) is 9.89. The molecule has 1 fully saturated rings. The lowest BCUT2D eigenvalue weighted by atomic mass is 10.1. The molecule has 40 heavy (non-hydrogen) atoms. The van der Waals surface area contributed by atoms with Crippen molar-refractivity contribution in [2.75, 3.05) is 32.0 Å². The van der Waals surface area contributed by atoms with E-state index >= 15 is 0 Å². The zero-order chi connectivity index (χ0) is 28.2. The van der Waals surface area contributed by atoms with Gasteiger partial charge >= 0.3 is 0 Å². The van der Waals surface area contributed by atoms with E-state index in [2.05, 4.69) is 40.6 Å². The Balaban J connectivity index is 1.29. The maximum atomic E-state index is 13.0. The average Bonchev–Trinajstić information content (AvgIpc) is 3.66. The molecule has 5 N–H and O–H groups in total. The molecule has 1 aromatic carbocycles. The quantitative estimate of drug-likeness (QED) is 0.186. The zero-order valence-electron chi connectivity index (χ0n) is 23.1. The van der Waals surface area contributed by atoms with Gasteiger partial charge in [-0.1, -0.05) is 12.1 Å². The second kappa shape index (κ2) is 11.6. The molecule has 12 heteroatoms. The number of aromatic nitrogens is 5. The first-order valence-corrected chi connectivity index (χ1v) is 13.1. The zero-order valence-corrected chi connectivity index (χ0v) is 23.1. The number of carbonyl (C=O) groups excluding carboxylic acids is 1. The first-order chi connectivity index (χ1) is 19.3. The summed E-state index contributed by atoms with van der Waals surface area (Å²) in [5.74, 6) is 1.10. The van der Waals surface area contributed by atoms with Crippen molar-refractivity contribution >= 4 is 34.3 Å². The Hall–Kier alpha value is -4.71. The standard InChI is InChI=1S/C28H34N10O2/c1-17-13-32-28(34-23(29)12-18(2)30-3)35-26(17)21-14-31-27-20(21)6-5-7-22(27)33-24(39)16-38-11-8-19(15-38)40-25-9-10-37(4)36-25/h5-7,9-10,12-14,19,30-31H,8,11,15-16H2,1-4H3,(H,33,39)(H2,29,32,34,35)/b18-12-. The van der Waals surface area contributed by atoms with Gasteiger partial charge < -0.3 is 26.1 Å². The Morgan fingerprint density at radius 3 is 2.98 bits per heavy atom. The van der Waals surface area contributed by atoms with Gasteiger partial charge in [0.15, 0.2) is 0 Å². The third kappa shape index (κ3) is 6.12. The summed E-state index contributed by atoms with van der Waals surface area (Å²) in [6.07, 6.45) is 8.05. The van der Waals surface area contributed by atoms with Crippen LogP contribution in [0, 0.1) is 6.92 Å². The predicted molar refractivity (Wildman–Crippen MR) is 155 cm³/mol. The molecule has 4 aromatic rings. The van der Waals surface area contributed by atoms with Crippen molar-refractivity contribution in [1.82, 2.24) is 34.9 Å². The highest BCUT2D eigenvalue weighted by atomic mass is 16.5. The molecule has 1 unspecified atom stereocenters. The van der Waals surface area contributed by atoms with Gasteiger partial charge in [-0.15, -0.1) is 5.10 Å². The van der Waals surface area contributed by atoms with E-state index in [1.54, 1.807) is 17.0 Å². The first kappa shape index (κ1) is 26.9. The number of benzene rings is 1. The number of nitrogens with zero attached hydrogens (tertiary/aromatic N) is 6. The Morgan fingerprint density at radius 1 is 1.35 bits per heavy atom. The fraction of sp³-hybridized carbons (Fsp3) is 0.321. The summed E-state index contributed by atoms with van der Waals surface area (Å²) in [6.45, 7) is 5.58. The number of amides is 1. The number of aliphatic imine (C=N–C) groups is 1. The van der Waals surface area contributed by atoms with Crippen LogP contribution in [0.1, 0.15) is 18.9 Å². The number of nitrogens with one attached hydrogen (secondary N) is 3. The summed E-state index contributed by atoms with van der Waals surface area (Å²) in [5, 5.41) is 11.3. The van der Waals surface area contributed by atoms with Crippen LogP contribution in [0.5, 0.6) is 5.88 Å². The Bertz CT molecular complexity index is 1580. The monoisotopic (exact) mass is 542 g/mol. The predicted octanol–water partition coefficient (Wildman–Crippen LogP) is 2.87. The normalized spacial score (nSPS) is 16.4. The highest BCUT2D eigenvalue weighted by Crippen LogP contribution is 2.33. The first-order valence-electron chi connectivity index (χ1n) is 13.1. The van der Waals surface area contributed by atoms with Gasteiger partial charge in [-0.2, -0.15) is 4.99 Å². The van der Waals surface area contributed by atoms with Gasteiger partial charge in [0.1, 0.15) is 11.9 Å². The molecule has 1 aliphatic heterocycles. The number of allylic oxidation sites excluding steroid dienone is 1. The van der Waals surface area contributed by atoms with Gasteiger partial charge in [-0.05, 0) is 38.0 Å². The molecule has 4 heterocycles. The van der Waals surface area contributed by atoms with Crippen LogP contribution in [-0.4, -0.2) is 74.2 Å². The molecule has 0 spiro atoms. The number of anilines is 1. The highest BCUT2D eigenvalue weighted by molar-refractivity contribution is 6.06. The van der Waals surface area contributed by atoms with Crippen LogP contribution in [0.4, 0.5) is 11.6 Å². The molecule has 1 aliphatic rings. The molecule has 12 nitrogen and oxygen atoms in total. The van der Waals surface area contributed by atoms with Gasteiger partial charge in [-0.25, -0.2) is 9.97 Å². The lowest BCUT2D eigenvalue weighted by Crippen LogP contribution is -2.33. The van der Waals surface area contributed by atoms with Crippen LogP contribution < -0.4 is 21.1 Å². The summed E-state index contributed by atoms with van der Waals surface area (Å²) in [5.41, 5.74) is 11.0. The van der Waals surface area contributed by atoms with E-state index in [9.17, 15) is 4.79 Å².